The molecule has 0 fully saturated rings. The predicted octanol–water partition coefficient (Wildman–Crippen LogP) is 5.06. The van der Waals surface area contributed by atoms with Crippen LogP contribution < -0.4 is 5.30 Å². The van der Waals surface area contributed by atoms with E-state index in [0.717, 1.165) is 5.76 Å². The van der Waals surface area contributed by atoms with E-state index in [1.165, 1.54) is 23.4 Å². The number of rotatable bonds is 5. The van der Waals surface area contributed by atoms with E-state index in [4.69, 9.17) is 4.52 Å². The van der Waals surface area contributed by atoms with Gasteiger partial charge in [0.25, 0.3) is 0 Å². The Kier molecular flexibility index (Phi) is 4.86. The minimum absolute atomic E-state index is 0.479. The van der Waals surface area contributed by atoms with E-state index in [1.54, 1.807) is 0 Å². The SMILES string of the molecule is CC[Si](CC)(CC)C1C=C(C)OP1c1ccccc1. The Hall–Kier alpha value is -0.593. The molecule has 0 bridgehead atoms. The highest BCUT2D eigenvalue weighted by Gasteiger charge is 2.44. The van der Waals surface area contributed by atoms with Gasteiger partial charge < -0.3 is 4.52 Å². The summed E-state index contributed by atoms with van der Waals surface area (Å²) < 4.78 is 6.23. The summed E-state index contributed by atoms with van der Waals surface area (Å²) in [5.74, 6) is 1.15. The van der Waals surface area contributed by atoms with Crippen LogP contribution in [0.3, 0.4) is 0 Å². The van der Waals surface area contributed by atoms with Crippen molar-refractivity contribution >= 4 is 21.5 Å². The second kappa shape index (κ2) is 6.24. The third-order valence-electron chi connectivity index (χ3n) is 4.64. The molecule has 0 N–H and O–H groups in total. The van der Waals surface area contributed by atoms with Gasteiger partial charge in [-0.05, 0) is 13.0 Å². The number of allylic oxidation sites excluding steroid dienone is 2. The largest absolute Gasteiger partial charge is 0.474 e. The van der Waals surface area contributed by atoms with E-state index in [9.17, 15) is 0 Å². The molecule has 0 aliphatic carbocycles. The first-order chi connectivity index (χ1) is 9.16. The van der Waals surface area contributed by atoms with Crippen molar-refractivity contribution in [1.29, 1.82) is 0 Å². The summed E-state index contributed by atoms with van der Waals surface area (Å²) in [5, 5.41) is 2.10. The Morgan fingerprint density at radius 3 is 2.16 bits per heavy atom. The normalized spacial score (nSPS) is 23.1. The van der Waals surface area contributed by atoms with Crippen molar-refractivity contribution in [1.82, 2.24) is 0 Å². The quantitative estimate of drug-likeness (QED) is 0.544. The van der Waals surface area contributed by atoms with Crippen LogP contribution in [0.2, 0.25) is 18.1 Å². The van der Waals surface area contributed by atoms with E-state index in [1.807, 2.05) is 0 Å². The molecule has 1 aliphatic heterocycles. The number of hydrogen-bond donors (Lipinski definition) is 0. The lowest BCUT2D eigenvalue weighted by Crippen LogP contribution is -2.44. The molecular formula is C16H25OPSi. The highest BCUT2D eigenvalue weighted by molar-refractivity contribution is 7.65. The highest BCUT2D eigenvalue weighted by atomic mass is 31.1. The van der Waals surface area contributed by atoms with E-state index < -0.39 is 16.2 Å². The Morgan fingerprint density at radius 1 is 1.05 bits per heavy atom. The summed E-state index contributed by atoms with van der Waals surface area (Å²) in [7, 11) is -1.72. The second-order valence-electron chi connectivity index (χ2n) is 5.40. The van der Waals surface area contributed by atoms with Gasteiger partial charge in [0.05, 0.1) is 13.8 Å². The van der Waals surface area contributed by atoms with Gasteiger partial charge in [-0.3, -0.25) is 0 Å². The molecule has 0 aromatic heterocycles. The van der Waals surface area contributed by atoms with Gasteiger partial charge >= 0.3 is 0 Å². The van der Waals surface area contributed by atoms with Crippen LogP contribution in [-0.2, 0) is 4.52 Å². The summed E-state index contributed by atoms with van der Waals surface area (Å²) in [4.78, 5) is 0. The molecule has 0 spiro atoms. The van der Waals surface area contributed by atoms with E-state index in [0.29, 0.717) is 5.28 Å². The molecule has 2 atom stereocenters. The maximum Gasteiger partial charge on any atom is 0.122 e. The summed E-state index contributed by atoms with van der Waals surface area (Å²) >= 11 is 0. The van der Waals surface area contributed by atoms with Gasteiger partial charge in [0, 0.05) is 10.6 Å². The van der Waals surface area contributed by atoms with E-state index >= 15 is 0 Å². The van der Waals surface area contributed by atoms with Crippen LogP contribution in [-0.4, -0.2) is 13.4 Å². The first-order valence-electron chi connectivity index (χ1n) is 7.37. The summed E-state index contributed by atoms with van der Waals surface area (Å²) in [6.07, 6.45) is 2.45. The van der Waals surface area contributed by atoms with Crippen molar-refractivity contribution in [3.63, 3.8) is 0 Å². The van der Waals surface area contributed by atoms with Crippen LogP contribution in [0.4, 0.5) is 0 Å². The van der Waals surface area contributed by atoms with Crippen LogP contribution in [0.1, 0.15) is 27.7 Å². The zero-order chi connectivity index (χ0) is 13.9. The molecule has 1 nitrogen and oxygen atoms in total. The third kappa shape index (κ3) is 2.80. The molecule has 2 rings (SSSR count). The summed E-state index contributed by atoms with van der Waals surface area (Å²) in [5.41, 5.74) is 0. The molecule has 19 heavy (non-hydrogen) atoms. The van der Waals surface area contributed by atoms with Gasteiger partial charge in [-0.1, -0.05) is 69.2 Å². The lowest BCUT2D eigenvalue weighted by molar-refractivity contribution is 0.494. The predicted molar refractivity (Wildman–Crippen MR) is 88.8 cm³/mol. The zero-order valence-corrected chi connectivity index (χ0v) is 14.4. The van der Waals surface area contributed by atoms with Gasteiger partial charge in [-0.15, -0.1) is 0 Å². The minimum Gasteiger partial charge on any atom is -0.474 e. The fourth-order valence-electron chi connectivity index (χ4n) is 3.12. The number of benzene rings is 1. The fourth-order valence-corrected chi connectivity index (χ4v) is 12.4. The van der Waals surface area contributed by atoms with Gasteiger partial charge in [0.2, 0.25) is 0 Å². The zero-order valence-electron chi connectivity index (χ0n) is 12.5. The average molecular weight is 292 g/mol. The van der Waals surface area contributed by atoms with Crippen LogP contribution in [0.15, 0.2) is 42.2 Å². The molecule has 1 heterocycles. The molecule has 0 saturated carbocycles. The maximum atomic E-state index is 6.23. The molecular weight excluding hydrogens is 267 g/mol. The third-order valence-corrected chi connectivity index (χ3v) is 14.6. The van der Waals surface area contributed by atoms with Crippen LogP contribution in [0.25, 0.3) is 0 Å². The molecule has 0 amide bonds. The Balaban J connectivity index is 2.36. The van der Waals surface area contributed by atoms with E-state index in [-0.39, 0.29) is 0 Å². The first kappa shape index (κ1) is 14.8. The van der Waals surface area contributed by atoms with Crippen molar-refractivity contribution in [3.05, 3.63) is 42.2 Å². The standard InChI is InChI=1S/C16H25OPSi/c1-5-19(6-2,7-3)16-13-14(4)17-18(16)15-11-9-8-10-12-15/h8-13,16H,5-7H2,1-4H3. The Labute approximate surface area is 119 Å². The molecule has 3 heteroatoms. The second-order valence-corrected chi connectivity index (χ2v) is 13.3. The van der Waals surface area contributed by atoms with Gasteiger partial charge in [-0.2, -0.15) is 0 Å². The van der Waals surface area contributed by atoms with Crippen LogP contribution in [0.5, 0.6) is 0 Å². The first-order valence-corrected chi connectivity index (χ1v) is 11.4. The lowest BCUT2D eigenvalue weighted by atomic mass is 10.4. The van der Waals surface area contributed by atoms with Crippen LogP contribution >= 0.6 is 8.15 Å². The lowest BCUT2D eigenvalue weighted by Gasteiger charge is -2.36. The Morgan fingerprint density at radius 2 is 1.63 bits per heavy atom. The molecule has 2 unspecified atom stereocenters. The molecule has 1 aliphatic rings. The topological polar surface area (TPSA) is 9.23 Å². The average Bonchev–Trinajstić information content (AvgIpc) is 2.85. The van der Waals surface area contributed by atoms with Crippen molar-refractivity contribution in [3.8, 4) is 0 Å². The minimum atomic E-state index is -1.24. The monoisotopic (exact) mass is 292 g/mol. The van der Waals surface area contributed by atoms with Gasteiger partial charge in [0.1, 0.15) is 8.15 Å². The van der Waals surface area contributed by atoms with Gasteiger partial charge in [0.15, 0.2) is 0 Å². The van der Waals surface area contributed by atoms with Crippen molar-refractivity contribution in [2.75, 3.05) is 0 Å². The van der Waals surface area contributed by atoms with E-state index in [2.05, 4.69) is 64.1 Å². The highest BCUT2D eigenvalue weighted by Crippen LogP contribution is 2.55. The summed E-state index contributed by atoms with van der Waals surface area (Å²) in [6, 6.07) is 14.9. The molecule has 1 aromatic rings. The fraction of sp³-hybridized carbons (Fsp3) is 0.500. The number of hydrogen-bond acceptors (Lipinski definition) is 1. The molecule has 1 aromatic carbocycles. The molecule has 104 valence electrons. The summed E-state index contributed by atoms with van der Waals surface area (Å²) in [6.45, 7) is 9.29. The van der Waals surface area contributed by atoms with Gasteiger partial charge in [-0.25, -0.2) is 0 Å². The van der Waals surface area contributed by atoms with Crippen molar-refractivity contribution in [2.45, 2.75) is 51.1 Å². The van der Waals surface area contributed by atoms with Crippen molar-refractivity contribution < 1.29 is 4.52 Å². The van der Waals surface area contributed by atoms with Crippen LogP contribution in [0, 0.1) is 0 Å². The molecule has 0 saturated heterocycles. The molecule has 0 radical (unpaired) electrons. The van der Waals surface area contributed by atoms with Crippen molar-refractivity contribution in [2.24, 2.45) is 0 Å². The maximum absolute atomic E-state index is 6.23. The smallest absolute Gasteiger partial charge is 0.122 e. The Bertz CT molecular complexity index is 431.